The lowest BCUT2D eigenvalue weighted by Gasteiger charge is -1.94. The number of rotatable bonds is 2. The van der Waals surface area contributed by atoms with Gasteiger partial charge in [0.2, 0.25) is 0 Å². The summed E-state index contributed by atoms with van der Waals surface area (Å²) in [5.41, 5.74) is 1.66. The second kappa shape index (κ2) is 2.89. The summed E-state index contributed by atoms with van der Waals surface area (Å²) in [4.78, 5) is 15.5. The van der Waals surface area contributed by atoms with Crippen molar-refractivity contribution >= 4 is 11.2 Å². The maximum atomic E-state index is 4.27. The van der Waals surface area contributed by atoms with Crippen LogP contribution in [-0.2, 0) is 6.42 Å². The SMILES string of the molecule is CCCc1ncc2[nH]cnc2n1. The van der Waals surface area contributed by atoms with Crippen molar-refractivity contribution in [3.8, 4) is 0 Å². The highest BCUT2D eigenvalue weighted by atomic mass is 15.0. The van der Waals surface area contributed by atoms with E-state index in [0.717, 1.165) is 29.8 Å². The molecule has 0 amide bonds. The molecule has 0 saturated carbocycles. The molecule has 2 aromatic heterocycles. The smallest absolute Gasteiger partial charge is 0.180 e. The van der Waals surface area contributed by atoms with Gasteiger partial charge in [0.1, 0.15) is 11.3 Å². The standard InChI is InChI=1S/C8H10N4/c1-2-3-7-9-4-6-8(12-7)11-5-10-6/h4-5H,2-3H2,1H3,(H,9,10,11,12). The van der Waals surface area contributed by atoms with Crippen molar-refractivity contribution in [3.05, 3.63) is 18.3 Å². The second-order valence-electron chi connectivity index (χ2n) is 2.68. The summed E-state index contributed by atoms with van der Waals surface area (Å²) >= 11 is 0. The Kier molecular flexibility index (Phi) is 1.74. The summed E-state index contributed by atoms with van der Waals surface area (Å²) in [6.45, 7) is 2.11. The van der Waals surface area contributed by atoms with Gasteiger partial charge in [-0.1, -0.05) is 6.92 Å². The average Bonchev–Trinajstić information content (AvgIpc) is 2.51. The lowest BCUT2D eigenvalue weighted by Crippen LogP contribution is -1.93. The number of aromatic amines is 1. The van der Waals surface area contributed by atoms with Crippen LogP contribution in [0.5, 0.6) is 0 Å². The van der Waals surface area contributed by atoms with Crippen LogP contribution < -0.4 is 0 Å². The summed E-state index contributed by atoms with van der Waals surface area (Å²) < 4.78 is 0. The predicted octanol–water partition coefficient (Wildman–Crippen LogP) is 1.31. The molecule has 12 heavy (non-hydrogen) atoms. The molecule has 4 heteroatoms. The van der Waals surface area contributed by atoms with E-state index >= 15 is 0 Å². The maximum Gasteiger partial charge on any atom is 0.180 e. The Morgan fingerprint density at radius 1 is 1.42 bits per heavy atom. The van der Waals surface area contributed by atoms with Gasteiger partial charge in [0.05, 0.1) is 12.5 Å². The van der Waals surface area contributed by atoms with Gasteiger partial charge in [-0.15, -0.1) is 0 Å². The van der Waals surface area contributed by atoms with Gasteiger partial charge in [-0.3, -0.25) is 0 Å². The lowest BCUT2D eigenvalue weighted by atomic mass is 10.3. The molecule has 0 bridgehead atoms. The van der Waals surface area contributed by atoms with Crippen LogP contribution in [-0.4, -0.2) is 19.9 Å². The zero-order valence-electron chi connectivity index (χ0n) is 6.91. The number of H-pyrrole nitrogens is 1. The molecule has 0 radical (unpaired) electrons. The van der Waals surface area contributed by atoms with Crippen LogP contribution in [0.15, 0.2) is 12.5 Å². The van der Waals surface area contributed by atoms with Gasteiger partial charge >= 0.3 is 0 Å². The predicted molar refractivity (Wildman–Crippen MR) is 45.7 cm³/mol. The molecule has 62 valence electrons. The summed E-state index contributed by atoms with van der Waals surface area (Å²) in [6.07, 6.45) is 5.40. The first-order chi connectivity index (χ1) is 5.90. The Morgan fingerprint density at radius 2 is 2.33 bits per heavy atom. The van der Waals surface area contributed by atoms with Crippen LogP contribution in [0, 0.1) is 0 Å². The van der Waals surface area contributed by atoms with Crippen molar-refractivity contribution in [2.75, 3.05) is 0 Å². The monoisotopic (exact) mass is 162 g/mol. The van der Waals surface area contributed by atoms with Crippen LogP contribution in [0.3, 0.4) is 0 Å². The molecule has 1 N–H and O–H groups in total. The molecule has 0 saturated heterocycles. The van der Waals surface area contributed by atoms with E-state index in [1.54, 1.807) is 12.5 Å². The van der Waals surface area contributed by atoms with Gasteiger partial charge < -0.3 is 4.98 Å². The molecule has 2 aromatic rings. The van der Waals surface area contributed by atoms with Crippen molar-refractivity contribution in [3.63, 3.8) is 0 Å². The highest BCUT2D eigenvalue weighted by molar-refractivity contribution is 5.67. The summed E-state index contributed by atoms with van der Waals surface area (Å²) in [5.74, 6) is 0.872. The Labute approximate surface area is 70.1 Å². The molecular weight excluding hydrogens is 152 g/mol. The summed E-state index contributed by atoms with van der Waals surface area (Å²) in [5, 5.41) is 0. The maximum absolute atomic E-state index is 4.27. The molecule has 0 aliphatic rings. The van der Waals surface area contributed by atoms with Gasteiger partial charge in [-0.2, -0.15) is 0 Å². The molecule has 0 fully saturated rings. The first-order valence-corrected chi connectivity index (χ1v) is 4.05. The van der Waals surface area contributed by atoms with Crippen LogP contribution in [0.25, 0.3) is 11.2 Å². The Morgan fingerprint density at radius 3 is 3.17 bits per heavy atom. The molecular formula is C8H10N4. The van der Waals surface area contributed by atoms with Crippen LogP contribution in [0.2, 0.25) is 0 Å². The van der Waals surface area contributed by atoms with E-state index in [1.807, 2.05) is 0 Å². The third kappa shape index (κ3) is 1.15. The van der Waals surface area contributed by atoms with Crippen molar-refractivity contribution in [2.45, 2.75) is 19.8 Å². The number of hydrogen-bond donors (Lipinski definition) is 1. The van der Waals surface area contributed by atoms with Crippen molar-refractivity contribution in [2.24, 2.45) is 0 Å². The fourth-order valence-corrected chi connectivity index (χ4v) is 1.12. The Bertz CT molecular complexity index is 379. The van der Waals surface area contributed by atoms with Gasteiger partial charge in [0, 0.05) is 6.42 Å². The number of aryl methyl sites for hydroxylation is 1. The van der Waals surface area contributed by atoms with E-state index in [0.29, 0.717) is 0 Å². The number of nitrogens with zero attached hydrogens (tertiary/aromatic N) is 3. The molecule has 0 unspecified atom stereocenters. The summed E-state index contributed by atoms with van der Waals surface area (Å²) in [6, 6.07) is 0. The van der Waals surface area contributed by atoms with E-state index in [1.165, 1.54) is 0 Å². The largest absolute Gasteiger partial charge is 0.342 e. The van der Waals surface area contributed by atoms with Crippen LogP contribution >= 0.6 is 0 Å². The number of imidazole rings is 1. The number of fused-ring (bicyclic) bond motifs is 1. The molecule has 0 aromatic carbocycles. The van der Waals surface area contributed by atoms with E-state index < -0.39 is 0 Å². The first kappa shape index (κ1) is 7.21. The lowest BCUT2D eigenvalue weighted by molar-refractivity contribution is 0.842. The molecule has 0 spiro atoms. The molecule has 0 aliphatic heterocycles. The molecule has 2 heterocycles. The van der Waals surface area contributed by atoms with Gasteiger partial charge in [-0.25, -0.2) is 15.0 Å². The number of nitrogens with one attached hydrogen (secondary N) is 1. The van der Waals surface area contributed by atoms with Gasteiger partial charge in [-0.05, 0) is 6.42 Å². The fourth-order valence-electron chi connectivity index (χ4n) is 1.12. The topological polar surface area (TPSA) is 54.5 Å². The molecule has 0 aliphatic carbocycles. The van der Waals surface area contributed by atoms with Crippen LogP contribution in [0.4, 0.5) is 0 Å². The zero-order valence-corrected chi connectivity index (χ0v) is 6.91. The fraction of sp³-hybridized carbons (Fsp3) is 0.375. The molecule has 2 rings (SSSR count). The highest BCUT2D eigenvalue weighted by Gasteiger charge is 1.99. The van der Waals surface area contributed by atoms with Gasteiger partial charge in [0.15, 0.2) is 5.65 Å². The average molecular weight is 162 g/mol. The minimum Gasteiger partial charge on any atom is -0.342 e. The Balaban J connectivity index is 2.46. The minimum atomic E-state index is 0.758. The minimum absolute atomic E-state index is 0.758. The van der Waals surface area contributed by atoms with E-state index in [9.17, 15) is 0 Å². The quantitative estimate of drug-likeness (QED) is 0.724. The first-order valence-electron chi connectivity index (χ1n) is 4.05. The highest BCUT2D eigenvalue weighted by Crippen LogP contribution is 2.04. The van der Waals surface area contributed by atoms with Gasteiger partial charge in [0.25, 0.3) is 0 Å². The van der Waals surface area contributed by atoms with Crippen LogP contribution in [0.1, 0.15) is 19.2 Å². The zero-order chi connectivity index (χ0) is 8.39. The van der Waals surface area contributed by atoms with E-state index in [-0.39, 0.29) is 0 Å². The normalized spacial score (nSPS) is 10.8. The summed E-state index contributed by atoms with van der Waals surface area (Å²) in [7, 11) is 0. The number of hydrogen-bond acceptors (Lipinski definition) is 3. The third-order valence-electron chi connectivity index (χ3n) is 1.70. The Hall–Kier alpha value is -1.45. The molecule has 4 nitrogen and oxygen atoms in total. The molecule has 0 atom stereocenters. The van der Waals surface area contributed by atoms with Crippen molar-refractivity contribution < 1.29 is 0 Å². The second-order valence-corrected chi connectivity index (χ2v) is 2.68. The van der Waals surface area contributed by atoms with E-state index in [2.05, 4.69) is 26.9 Å². The van der Waals surface area contributed by atoms with Crippen molar-refractivity contribution in [1.29, 1.82) is 0 Å². The number of aromatic nitrogens is 4. The van der Waals surface area contributed by atoms with E-state index in [4.69, 9.17) is 0 Å². The third-order valence-corrected chi connectivity index (χ3v) is 1.70. The van der Waals surface area contributed by atoms with Crippen molar-refractivity contribution in [1.82, 2.24) is 19.9 Å².